The van der Waals surface area contributed by atoms with Crippen molar-refractivity contribution in [3.8, 4) is 0 Å². The minimum Gasteiger partial charge on any atom is -0.451 e. The number of amides is 2. The number of nitrogens with one attached hydrogen (secondary N) is 2. The molecule has 0 bridgehead atoms. The van der Waals surface area contributed by atoms with Crippen molar-refractivity contribution in [3.05, 3.63) is 69.8 Å². The van der Waals surface area contributed by atoms with E-state index >= 15 is 0 Å². The highest BCUT2D eigenvalue weighted by Gasteiger charge is 2.19. The highest BCUT2D eigenvalue weighted by molar-refractivity contribution is 7.21. The molecule has 0 aliphatic heterocycles. The van der Waals surface area contributed by atoms with Crippen molar-refractivity contribution in [2.75, 3.05) is 6.61 Å². The molecule has 0 saturated carbocycles. The number of hydrazine groups is 1. The van der Waals surface area contributed by atoms with Gasteiger partial charge in [0.2, 0.25) is 0 Å². The molecule has 6 nitrogen and oxygen atoms in total. The van der Waals surface area contributed by atoms with E-state index < -0.39 is 30.2 Å². The zero-order valence-corrected chi connectivity index (χ0v) is 15.2. The number of rotatable bonds is 4. The zero-order chi connectivity index (χ0) is 19.4. The maximum absolute atomic E-state index is 13.5. The summed E-state index contributed by atoms with van der Waals surface area (Å²) in [5, 5.41) is 0.978. The zero-order valence-electron chi connectivity index (χ0n) is 13.6. The molecule has 1 heterocycles. The summed E-state index contributed by atoms with van der Waals surface area (Å²) in [6.07, 6.45) is 0. The molecule has 2 aromatic carbocycles. The predicted octanol–water partition coefficient (Wildman–Crippen LogP) is 3.31. The SMILES string of the molecule is O=C(COC(=O)c1sc2ccccc2c1Cl)NNC(=O)c1ccccc1F. The van der Waals surface area contributed by atoms with E-state index in [0.717, 1.165) is 27.5 Å². The van der Waals surface area contributed by atoms with Gasteiger partial charge in [-0.15, -0.1) is 11.3 Å². The molecule has 0 radical (unpaired) electrons. The molecule has 3 rings (SSSR count). The third kappa shape index (κ3) is 4.24. The van der Waals surface area contributed by atoms with Gasteiger partial charge < -0.3 is 4.74 Å². The molecule has 0 unspecified atom stereocenters. The number of carbonyl (C=O) groups is 3. The van der Waals surface area contributed by atoms with Crippen molar-refractivity contribution in [2.45, 2.75) is 0 Å². The molecule has 138 valence electrons. The summed E-state index contributed by atoms with van der Waals surface area (Å²) in [7, 11) is 0. The quantitative estimate of drug-likeness (QED) is 0.514. The lowest BCUT2D eigenvalue weighted by molar-refractivity contribution is -0.125. The van der Waals surface area contributed by atoms with Crippen LogP contribution in [0.3, 0.4) is 0 Å². The van der Waals surface area contributed by atoms with Crippen LogP contribution in [0.2, 0.25) is 5.02 Å². The first-order chi connectivity index (χ1) is 13.0. The third-order valence-electron chi connectivity index (χ3n) is 3.49. The first kappa shape index (κ1) is 18.8. The van der Waals surface area contributed by atoms with Crippen molar-refractivity contribution in [1.82, 2.24) is 10.9 Å². The van der Waals surface area contributed by atoms with Gasteiger partial charge in [-0.1, -0.05) is 41.9 Å². The van der Waals surface area contributed by atoms with Gasteiger partial charge in [0.25, 0.3) is 11.8 Å². The Labute approximate surface area is 161 Å². The van der Waals surface area contributed by atoms with Crippen LogP contribution >= 0.6 is 22.9 Å². The molecule has 0 fully saturated rings. The van der Waals surface area contributed by atoms with Crippen molar-refractivity contribution in [1.29, 1.82) is 0 Å². The fourth-order valence-electron chi connectivity index (χ4n) is 2.22. The van der Waals surface area contributed by atoms with Crippen LogP contribution in [0.25, 0.3) is 10.1 Å². The fourth-order valence-corrected chi connectivity index (χ4v) is 3.62. The Kier molecular flexibility index (Phi) is 5.68. The average Bonchev–Trinajstić information content (AvgIpc) is 3.01. The Morgan fingerprint density at radius 1 is 1.04 bits per heavy atom. The van der Waals surface area contributed by atoms with Gasteiger partial charge in [0.1, 0.15) is 10.7 Å². The molecule has 1 aromatic heterocycles. The summed E-state index contributed by atoms with van der Waals surface area (Å²) in [5.74, 6) is -3.10. The fraction of sp³-hybridized carbons (Fsp3) is 0.0556. The number of halogens is 2. The Hall–Kier alpha value is -2.97. The van der Waals surface area contributed by atoms with E-state index in [-0.39, 0.29) is 15.5 Å². The number of carbonyl (C=O) groups excluding carboxylic acids is 3. The third-order valence-corrected chi connectivity index (χ3v) is 5.14. The summed E-state index contributed by atoms with van der Waals surface area (Å²) < 4.78 is 19.2. The number of fused-ring (bicyclic) bond motifs is 1. The van der Waals surface area contributed by atoms with Crippen LogP contribution in [0.4, 0.5) is 4.39 Å². The normalized spacial score (nSPS) is 10.4. The number of hydrogen-bond donors (Lipinski definition) is 2. The largest absolute Gasteiger partial charge is 0.451 e. The molecule has 27 heavy (non-hydrogen) atoms. The summed E-state index contributed by atoms with van der Waals surface area (Å²) >= 11 is 7.32. The van der Waals surface area contributed by atoms with Crippen LogP contribution < -0.4 is 10.9 Å². The summed E-state index contributed by atoms with van der Waals surface area (Å²) in [5.41, 5.74) is 3.86. The van der Waals surface area contributed by atoms with Gasteiger partial charge in [-0.05, 0) is 18.2 Å². The number of hydrogen-bond acceptors (Lipinski definition) is 5. The highest BCUT2D eigenvalue weighted by atomic mass is 35.5. The van der Waals surface area contributed by atoms with Gasteiger partial charge in [-0.25, -0.2) is 9.18 Å². The number of esters is 1. The molecule has 0 spiro atoms. The molecule has 0 saturated heterocycles. The predicted molar refractivity (Wildman–Crippen MR) is 99.1 cm³/mol. The lowest BCUT2D eigenvalue weighted by Crippen LogP contribution is -2.43. The molecule has 0 aliphatic rings. The van der Waals surface area contributed by atoms with Crippen LogP contribution in [-0.4, -0.2) is 24.4 Å². The molecular weight excluding hydrogens is 395 g/mol. The maximum atomic E-state index is 13.5. The number of thiophene rings is 1. The Morgan fingerprint density at radius 2 is 1.74 bits per heavy atom. The second-order valence-electron chi connectivity index (χ2n) is 5.30. The molecule has 9 heteroatoms. The topological polar surface area (TPSA) is 84.5 Å². The second-order valence-corrected chi connectivity index (χ2v) is 6.73. The first-order valence-electron chi connectivity index (χ1n) is 7.65. The van der Waals surface area contributed by atoms with Crippen molar-refractivity contribution in [2.24, 2.45) is 0 Å². The molecule has 2 N–H and O–H groups in total. The van der Waals surface area contributed by atoms with Crippen molar-refractivity contribution < 1.29 is 23.5 Å². The number of ether oxygens (including phenoxy) is 1. The van der Waals surface area contributed by atoms with Crippen LogP contribution in [0.15, 0.2) is 48.5 Å². The molecule has 0 aliphatic carbocycles. The lowest BCUT2D eigenvalue weighted by atomic mass is 10.2. The summed E-state index contributed by atoms with van der Waals surface area (Å²) in [6.45, 7) is -0.638. The minimum absolute atomic E-state index is 0.182. The van der Waals surface area contributed by atoms with E-state index in [0.29, 0.717) is 0 Å². The van der Waals surface area contributed by atoms with Crippen molar-refractivity contribution >= 4 is 50.8 Å². The molecule has 2 amide bonds. The molecule has 3 aromatic rings. The van der Waals surface area contributed by atoms with E-state index in [2.05, 4.69) is 0 Å². The summed E-state index contributed by atoms with van der Waals surface area (Å²) in [6, 6.07) is 12.5. The Balaban J connectivity index is 1.54. The Morgan fingerprint density at radius 3 is 2.48 bits per heavy atom. The van der Waals surface area contributed by atoms with Gasteiger partial charge in [-0.2, -0.15) is 0 Å². The van der Waals surface area contributed by atoms with Gasteiger partial charge in [-0.3, -0.25) is 20.4 Å². The van der Waals surface area contributed by atoms with E-state index in [9.17, 15) is 18.8 Å². The highest BCUT2D eigenvalue weighted by Crippen LogP contribution is 2.35. The van der Waals surface area contributed by atoms with E-state index in [1.807, 2.05) is 23.0 Å². The molecular formula is C18H12ClFN2O4S. The second kappa shape index (κ2) is 8.15. The maximum Gasteiger partial charge on any atom is 0.350 e. The monoisotopic (exact) mass is 406 g/mol. The number of benzene rings is 2. The van der Waals surface area contributed by atoms with Gasteiger partial charge in [0.15, 0.2) is 6.61 Å². The first-order valence-corrected chi connectivity index (χ1v) is 8.84. The van der Waals surface area contributed by atoms with Crippen LogP contribution in [0.5, 0.6) is 0 Å². The van der Waals surface area contributed by atoms with Gasteiger partial charge in [0.05, 0.1) is 10.6 Å². The van der Waals surface area contributed by atoms with Crippen LogP contribution in [0, 0.1) is 5.82 Å². The summed E-state index contributed by atoms with van der Waals surface area (Å²) in [4.78, 5) is 35.8. The van der Waals surface area contributed by atoms with E-state index in [4.69, 9.17) is 16.3 Å². The average molecular weight is 407 g/mol. The smallest absolute Gasteiger partial charge is 0.350 e. The standard InChI is InChI=1S/C18H12ClFN2O4S/c19-15-11-6-2-4-8-13(11)27-16(15)18(25)26-9-14(23)21-22-17(24)10-5-1-3-7-12(10)20/h1-8H,9H2,(H,21,23)(H,22,24). The molecule has 0 atom stereocenters. The van der Waals surface area contributed by atoms with Crippen LogP contribution in [-0.2, 0) is 9.53 Å². The minimum atomic E-state index is -0.833. The van der Waals surface area contributed by atoms with Crippen molar-refractivity contribution in [3.63, 3.8) is 0 Å². The van der Waals surface area contributed by atoms with Crippen LogP contribution in [0.1, 0.15) is 20.0 Å². The van der Waals surface area contributed by atoms with E-state index in [1.165, 1.54) is 18.2 Å². The Bertz CT molecular complexity index is 1040. The lowest BCUT2D eigenvalue weighted by Gasteiger charge is -2.08. The van der Waals surface area contributed by atoms with E-state index in [1.54, 1.807) is 12.1 Å². The van der Waals surface area contributed by atoms with Gasteiger partial charge in [0, 0.05) is 10.1 Å². The van der Waals surface area contributed by atoms with Gasteiger partial charge >= 0.3 is 5.97 Å².